The molecule has 0 aliphatic carbocycles. The maximum atomic E-state index is 11.6. The minimum atomic E-state index is -0.123. The lowest BCUT2D eigenvalue weighted by Gasteiger charge is -2.33. The number of ketones is 1. The van der Waals surface area contributed by atoms with E-state index >= 15 is 0 Å². The highest BCUT2D eigenvalue weighted by Crippen LogP contribution is 2.25. The van der Waals surface area contributed by atoms with Crippen LogP contribution in [0.15, 0.2) is 43.1 Å². The Hall–Kier alpha value is -2.44. The number of likely N-dealkylation sites (tertiary alicyclic amines) is 1. The maximum Gasteiger partial charge on any atom is 0.246 e. The lowest BCUT2D eigenvalue weighted by molar-refractivity contribution is -0.129. The van der Waals surface area contributed by atoms with Crippen molar-refractivity contribution in [1.82, 2.24) is 19.4 Å². The molecular formula is C25H35ClN4O2. The average molecular weight is 459 g/mol. The van der Waals surface area contributed by atoms with Crippen molar-refractivity contribution in [2.45, 2.75) is 52.6 Å². The predicted octanol–water partition coefficient (Wildman–Crippen LogP) is 4.79. The number of benzene rings is 1. The molecule has 1 aromatic carbocycles. The molecule has 4 rings (SSSR count). The largest absolute Gasteiger partial charge is 0.327 e. The summed E-state index contributed by atoms with van der Waals surface area (Å²) < 4.78 is 1.89. The van der Waals surface area contributed by atoms with Crippen LogP contribution in [-0.2, 0) is 17.8 Å². The Labute approximate surface area is 196 Å². The van der Waals surface area contributed by atoms with Crippen molar-refractivity contribution >= 4 is 23.3 Å². The molecule has 0 saturated carbocycles. The van der Waals surface area contributed by atoms with E-state index in [4.69, 9.17) is 11.6 Å². The van der Waals surface area contributed by atoms with E-state index in [1.165, 1.54) is 44.5 Å². The third-order valence-corrected chi connectivity index (χ3v) is 6.15. The van der Waals surface area contributed by atoms with Gasteiger partial charge in [0.05, 0.1) is 12.2 Å². The number of carbonyl (C=O) groups excluding carboxylic acids is 2. The minimum absolute atomic E-state index is 0.000512. The molecule has 0 spiro atoms. The summed E-state index contributed by atoms with van der Waals surface area (Å²) in [5.74, 6) is 0.659. The smallest absolute Gasteiger partial charge is 0.246 e. The molecule has 1 saturated heterocycles. The first-order valence-electron chi connectivity index (χ1n) is 11.2. The molecule has 174 valence electrons. The highest BCUT2D eigenvalue weighted by Gasteiger charge is 2.29. The number of rotatable bonds is 3. The van der Waals surface area contributed by atoms with Crippen LogP contribution >= 0.6 is 11.6 Å². The highest BCUT2D eigenvalue weighted by atomic mass is 35.5. The first-order valence-corrected chi connectivity index (χ1v) is 11.6. The molecule has 1 aromatic heterocycles. The number of nitrogens with zero attached hydrogens (tertiary/aromatic N) is 4. The number of Topliss-reactive ketones (excluding diaryl/α,β-unsaturated/α-hetero) is 1. The Morgan fingerprint density at radius 3 is 2.31 bits per heavy atom. The summed E-state index contributed by atoms with van der Waals surface area (Å²) in [6.07, 6.45) is 6.73. The Morgan fingerprint density at radius 1 is 1.19 bits per heavy atom. The second-order valence-corrected chi connectivity index (χ2v) is 8.48. The van der Waals surface area contributed by atoms with Crippen molar-refractivity contribution < 1.29 is 9.59 Å². The van der Waals surface area contributed by atoms with E-state index in [1.807, 2.05) is 35.8 Å². The van der Waals surface area contributed by atoms with Gasteiger partial charge >= 0.3 is 0 Å². The molecule has 1 atom stereocenters. The van der Waals surface area contributed by atoms with Crippen LogP contribution in [0.3, 0.4) is 0 Å². The minimum Gasteiger partial charge on any atom is -0.327 e. The standard InChI is InChI=1S/C12H15N3O2.C8H9Cl.C5H11N/c1-4-11(17)14-5-6-15-10(9(3)16)7-13-12(15)8(14)2;1-2-7-5-3-4-6-8(7)9;1-6-4-2-3-5-6/h4,7-8H,1,5-6H2,2-3H3;3-6H,2H2,1H3;2-5H2,1H3. The molecule has 3 heterocycles. The first-order chi connectivity index (χ1) is 15.3. The van der Waals surface area contributed by atoms with Gasteiger partial charge in [0.2, 0.25) is 5.91 Å². The number of hydrogen-bond acceptors (Lipinski definition) is 4. The van der Waals surface area contributed by atoms with Crippen molar-refractivity contribution in [2.24, 2.45) is 0 Å². The van der Waals surface area contributed by atoms with Gasteiger partial charge in [0.1, 0.15) is 11.5 Å². The van der Waals surface area contributed by atoms with Gasteiger partial charge < -0.3 is 14.4 Å². The van der Waals surface area contributed by atoms with E-state index in [-0.39, 0.29) is 17.7 Å². The van der Waals surface area contributed by atoms with Crippen LogP contribution in [0, 0.1) is 0 Å². The van der Waals surface area contributed by atoms with Gasteiger partial charge in [-0.05, 0) is 64.0 Å². The molecular weight excluding hydrogens is 424 g/mol. The molecule has 2 aliphatic heterocycles. The summed E-state index contributed by atoms with van der Waals surface area (Å²) in [6.45, 7) is 12.8. The quantitative estimate of drug-likeness (QED) is 0.490. The molecule has 32 heavy (non-hydrogen) atoms. The lowest BCUT2D eigenvalue weighted by atomic mass is 10.2. The Balaban J connectivity index is 0.000000200. The van der Waals surface area contributed by atoms with Crippen molar-refractivity contribution in [3.05, 3.63) is 65.2 Å². The van der Waals surface area contributed by atoms with Crippen molar-refractivity contribution in [2.75, 3.05) is 26.7 Å². The van der Waals surface area contributed by atoms with Gasteiger partial charge in [0, 0.05) is 25.0 Å². The first kappa shape index (κ1) is 25.8. The predicted molar refractivity (Wildman–Crippen MR) is 130 cm³/mol. The number of aromatic nitrogens is 2. The SMILES string of the molecule is C=CC(=O)N1CCn2c(C(C)=O)cnc2C1C.CCc1ccccc1Cl.CN1CCCC1. The lowest BCUT2D eigenvalue weighted by Crippen LogP contribution is -2.40. The number of aryl methyl sites for hydroxylation is 1. The van der Waals surface area contributed by atoms with E-state index in [1.54, 1.807) is 11.1 Å². The Bertz CT molecular complexity index is 918. The van der Waals surface area contributed by atoms with E-state index < -0.39 is 0 Å². The van der Waals surface area contributed by atoms with Gasteiger partial charge in [0.15, 0.2) is 5.78 Å². The summed E-state index contributed by atoms with van der Waals surface area (Å²) in [7, 11) is 2.17. The second-order valence-electron chi connectivity index (χ2n) is 8.08. The van der Waals surface area contributed by atoms with Crippen molar-refractivity contribution in [3.8, 4) is 0 Å². The maximum absolute atomic E-state index is 11.6. The third-order valence-electron chi connectivity index (χ3n) is 5.78. The molecule has 1 unspecified atom stereocenters. The number of fused-ring (bicyclic) bond motifs is 1. The topological polar surface area (TPSA) is 58.4 Å². The van der Waals surface area contributed by atoms with Crippen LogP contribution in [-0.4, -0.2) is 57.7 Å². The van der Waals surface area contributed by atoms with E-state index in [2.05, 4.69) is 30.4 Å². The number of amides is 1. The van der Waals surface area contributed by atoms with Gasteiger partial charge in [-0.3, -0.25) is 9.59 Å². The monoisotopic (exact) mass is 458 g/mol. The summed E-state index contributed by atoms with van der Waals surface area (Å²) in [4.78, 5) is 31.3. The molecule has 2 aromatic rings. The molecule has 0 bridgehead atoms. The normalized spacial score (nSPS) is 17.4. The van der Waals surface area contributed by atoms with Crippen LogP contribution in [0.2, 0.25) is 5.02 Å². The fraction of sp³-hybridized carbons (Fsp3) is 0.480. The number of imidazole rings is 1. The molecule has 2 aliphatic rings. The van der Waals surface area contributed by atoms with Crippen molar-refractivity contribution in [3.63, 3.8) is 0 Å². The molecule has 6 nitrogen and oxygen atoms in total. The zero-order chi connectivity index (χ0) is 23.7. The van der Waals surface area contributed by atoms with E-state index in [0.29, 0.717) is 18.8 Å². The van der Waals surface area contributed by atoms with Crippen LogP contribution in [0.25, 0.3) is 0 Å². The van der Waals surface area contributed by atoms with Gasteiger partial charge in [-0.15, -0.1) is 0 Å². The molecule has 1 fully saturated rings. The number of carbonyl (C=O) groups is 2. The Kier molecular flexibility index (Phi) is 10.1. The average Bonchev–Trinajstić information content (AvgIpc) is 3.44. The van der Waals surface area contributed by atoms with Crippen LogP contribution in [0.1, 0.15) is 61.5 Å². The zero-order valence-electron chi connectivity index (χ0n) is 19.7. The molecule has 7 heteroatoms. The summed E-state index contributed by atoms with van der Waals surface area (Å²) in [5.41, 5.74) is 1.83. The number of halogens is 1. The summed E-state index contributed by atoms with van der Waals surface area (Å²) in [5, 5.41) is 0.875. The van der Waals surface area contributed by atoms with Gasteiger partial charge in [0.25, 0.3) is 0 Å². The van der Waals surface area contributed by atoms with Crippen LogP contribution in [0.4, 0.5) is 0 Å². The van der Waals surface area contributed by atoms with Crippen LogP contribution < -0.4 is 0 Å². The van der Waals surface area contributed by atoms with Gasteiger partial charge in [-0.1, -0.05) is 43.3 Å². The third kappa shape index (κ3) is 6.78. The van der Waals surface area contributed by atoms with Gasteiger partial charge in [-0.2, -0.15) is 0 Å². The van der Waals surface area contributed by atoms with Gasteiger partial charge in [-0.25, -0.2) is 4.98 Å². The zero-order valence-corrected chi connectivity index (χ0v) is 20.4. The summed E-state index contributed by atoms with van der Waals surface area (Å²) >= 11 is 5.82. The summed E-state index contributed by atoms with van der Waals surface area (Å²) in [6, 6.07) is 7.79. The number of hydrogen-bond donors (Lipinski definition) is 0. The fourth-order valence-electron chi connectivity index (χ4n) is 3.86. The Morgan fingerprint density at radius 2 is 1.84 bits per heavy atom. The van der Waals surface area contributed by atoms with Crippen molar-refractivity contribution in [1.29, 1.82) is 0 Å². The molecule has 0 radical (unpaired) electrons. The second kappa shape index (κ2) is 12.6. The molecule has 0 N–H and O–H groups in total. The van der Waals surface area contributed by atoms with Crippen LogP contribution in [0.5, 0.6) is 0 Å². The fourth-order valence-corrected chi connectivity index (χ4v) is 4.13. The van der Waals surface area contributed by atoms with E-state index in [0.717, 1.165) is 17.3 Å². The van der Waals surface area contributed by atoms with E-state index in [9.17, 15) is 9.59 Å². The molecule has 1 amide bonds. The highest BCUT2D eigenvalue weighted by molar-refractivity contribution is 6.31.